The molecule has 44 heavy (non-hydrogen) atoms. The number of carboxylic acid groups (broad SMARTS) is 1. The second-order valence-corrected chi connectivity index (χ2v) is 12.7. The van der Waals surface area contributed by atoms with Crippen LogP contribution in [-0.4, -0.2) is 88.4 Å². The number of nitrogens with zero attached hydrogens (tertiary/aromatic N) is 7. The Morgan fingerprint density at radius 3 is 2.59 bits per heavy atom. The van der Waals surface area contributed by atoms with Gasteiger partial charge in [-0.1, -0.05) is 37.3 Å². The first kappa shape index (κ1) is 28.7. The molecule has 1 saturated carbocycles. The first-order chi connectivity index (χ1) is 21.5. The van der Waals surface area contributed by atoms with Crippen LogP contribution in [0.5, 0.6) is 6.01 Å². The van der Waals surface area contributed by atoms with Crippen molar-refractivity contribution < 1.29 is 14.6 Å². The molecule has 230 valence electrons. The highest BCUT2D eigenvalue weighted by Gasteiger charge is 2.49. The van der Waals surface area contributed by atoms with Gasteiger partial charge in [-0.15, -0.1) is 0 Å². The highest BCUT2D eigenvalue weighted by atomic mass is 16.5. The molecule has 0 spiro atoms. The van der Waals surface area contributed by atoms with Gasteiger partial charge in [-0.3, -0.25) is 4.90 Å². The molecule has 0 radical (unpaired) electrons. The number of aryl methyl sites for hydroxylation is 1. The van der Waals surface area contributed by atoms with E-state index in [0.29, 0.717) is 38.8 Å². The van der Waals surface area contributed by atoms with Gasteiger partial charge in [-0.25, -0.2) is 4.79 Å². The molecule has 1 aromatic heterocycles. The number of carbonyl (C=O) groups is 1. The van der Waals surface area contributed by atoms with E-state index in [1.165, 1.54) is 39.8 Å². The number of amides is 1. The smallest absolute Gasteiger partial charge is 0.407 e. The number of piperazine rings is 1. The largest absolute Gasteiger partial charge is 0.465 e. The van der Waals surface area contributed by atoms with Gasteiger partial charge in [0, 0.05) is 42.8 Å². The van der Waals surface area contributed by atoms with Crippen molar-refractivity contribution in [3.05, 3.63) is 53.2 Å². The van der Waals surface area contributed by atoms with Gasteiger partial charge < -0.3 is 24.5 Å². The molecule has 0 bridgehead atoms. The highest BCUT2D eigenvalue weighted by Crippen LogP contribution is 2.44. The fourth-order valence-electron chi connectivity index (χ4n) is 7.54. The zero-order valence-electron chi connectivity index (χ0n) is 25.5. The Morgan fingerprint density at radius 1 is 1.07 bits per heavy atom. The van der Waals surface area contributed by atoms with Gasteiger partial charge in [0.05, 0.1) is 36.3 Å². The molecule has 7 rings (SSSR count). The lowest BCUT2D eigenvalue weighted by molar-refractivity contribution is 0.118. The first-order valence-electron chi connectivity index (χ1n) is 16.1. The van der Waals surface area contributed by atoms with E-state index in [1.807, 2.05) is 0 Å². The summed E-state index contributed by atoms with van der Waals surface area (Å²) in [6.45, 7) is 7.80. The van der Waals surface area contributed by atoms with Crippen molar-refractivity contribution in [2.45, 2.75) is 70.0 Å². The predicted molar refractivity (Wildman–Crippen MR) is 169 cm³/mol. The Morgan fingerprint density at radius 2 is 1.86 bits per heavy atom. The molecular weight excluding hydrogens is 554 g/mol. The van der Waals surface area contributed by atoms with E-state index < -0.39 is 12.1 Å². The van der Waals surface area contributed by atoms with Gasteiger partial charge in [0.2, 0.25) is 0 Å². The van der Waals surface area contributed by atoms with Gasteiger partial charge in [0.1, 0.15) is 12.4 Å². The second kappa shape index (κ2) is 11.8. The molecule has 1 atom stereocenters. The maximum absolute atomic E-state index is 11.9. The average Bonchev–Trinajstić information content (AvgIpc) is 3.63. The molecule has 3 fully saturated rings. The summed E-state index contributed by atoms with van der Waals surface area (Å²) in [4.78, 5) is 30.5. The lowest BCUT2D eigenvalue weighted by atomic mass is 9.98. The number of hydrogen-bond acceptors (Lipinski definition) is 8. The molecule has 10 heteroatoms. The Kier molecular flexibility index (Phi) is 7.67. The summed E-state index contributed by atoms with van der Waals surface area (Å²) < 4.78 is 6.46. The summed E-state index contributed by atoms with van der Waals surface area (Å²) in [5.41, 5.74) is 4.73. The van der Waals surface area contributed by atoms with Crippen molar-refractivity contribution in [1.82, 2.24) is 19.8 Å². The van der Waals surface area contributed by atoms with Crippen molar-refractivity contribution >= 4 is 28.4 Å². The molecule has 3 aromatic rings. The zero-order chi connectivity index (χ0) is 30.3. The predicted octanol–water partition coefficient (Wildman–Crippen LogP) is 4.84. The number of fused-ring (bicyclic) bond motifs is 2. The standard InChI is InChI=1S/C34H41N7O3/c1-2-24-7-5-8-25-9-6-10-29(30(24)25)38-18-12-27-28(22-38)36-32(44-23-34(13-14-34)40-16-3-4-17-40)37-31(27)39-19-20-41(33(42)43)26(21-39)11-15-35/h5-10,26H,2-4,11-14,16-23H2,1H3,(H,42,43). The van der Waals surface area contributed by atoms with Crippen LogP contribution in [0.4, 0.5) is 16.3 Å². The molecule has 2 aromatic carbocycles. The number of likely N-dealkylation sites (tertiary alicyclic amines) is 1. The minimum Gasteiger partial charge on any atom is -0.465 e. The topological polar surface area (TPSA) is 109 Å². The number of aromatic nitrogens is 2. The second-order valence-electron chi connectivity index (χ2n) is 12.7. The lowest BCUT2D eigenvalue weighted by Gasteiger charge is -2.41. The number of anilines is 2. The number of hydrogen-bond donors (Lipinski definition) is 1. The third kappa shape index (κ3) is 5.28. The van der Waals surface area contributed by atoms with Gasteiger partial charge in [-0.2, -0.15) is 15.2 Å². The van der Waals surface area contributed by atoms with E-state index in [-0.39, 0.29) is 12.0 Å². The molecule has 4 aliphatic rings. The zero-order valence-corrected chi connectivity index (χ0v) is 25.5. The number of nitriles is 1. The molecule has 1 N–H and O–H groups in total. The monoisotopic (exact) mass is 595 g/mol. The van der Waals surface area contributed by atoms with Crippen LogP contribution in [0.25, 0.3) is 10.8 Å². The van der Waals surface area contributed by atoms with E-state index in [1.54, 1.807) is 0 Å². The SMILES string of the molecule is CCc1cccc2cccc(N3CCc4c(nc(OCC5(N6CCCC6)CC5)nc4N4CCN(C(=O)O)C(CC#N)C4)C3)c12. The normalized spacial score (nSPS) is 21.3. The number of rotatable bonds is 8. The third-order valence-corrected chi connectivity index (χ3v) is 10.1. The molecule has 10 nitrogen and oxygen atoms in total. The minimum absolute atomic E-state index is 0.104. The van der Waals surface area contributed by atoms with Gasteiger partial charge >= 0.3 is 12.1 Å². The summed E-state index contributed by atoms with van der Waals surface area (Å²) in [5.74, 6) is 0.829. The Bertz CT molecular complexity index is 1590. The molecule has 2 saturated heterocycles. The van der Waals surface area contributed by atoms with Crippen molar-refractivity contribution in [3.8, 4) is 12.1 Å². The van der Waals surface area contributed by atoms with Crippen LogP contribution in [0, 0.1) is 11.3 Å². The fraction of sp³-hybridized carbons (Fsp3) is 0.529. The summed E-state index contributed by atoms with van der Waals surface area (Å²) in [7, 11) is 0. The van der Waals surface area contributed by atoms with E-state index in [4.69, 9.17) is 14.7 Å². The summed E-state index contributed by atoms with van der Waals surface area (Å²) in [5, 5.41) is 21.8. The van der Waals surface area contributed by atoms with Crippen LogP contribution in [0.3, 0.4) is 0 Å². The van der Waals surface area contributed by atoms with Crippen LogP contribution < -0.4 is 14.5 Å². The Labute approximate surface area is 258 Å². The summed E-state index contributed by atoms with van der Waals surface area (Å²) in [6, 6.07) is 15.3. The average molecular weight is 596 g/mol. The molecule has 4 heterocycles. The van der Waals surface area contributed by atoms with Crippen LogP contribution in [0.1, 0.15) is 55.8 Å². The van der Waals surface area contributed by atoms with Crippen molar-refractivity contribution in [3.63, 3.8) is 0 Å². The van der Waals surface area contributed by atoms with Crippen LogP contribution >= 0.6 is 0 Å². The molecule has 3 aliphatic heterocycles. The Balaban J connectivity index is 1.22. The van der Waals surface area contributed by atoms with Crippen molar-refractivity contribution in [2.75, 3.05) is 55.7 Å². The summed E-state index contributed by atoms with van der Waals surface area (Å²) in [6.07, 6.45) is 5.69. The van der Waals surface area contributed by atoms with E-state index in [9.17, 15) is 15.2 Å². The van der Waals surface area contributed by atoms with E-state index >= 15 is 0 Å². The van der Waals surface area contributed by atoms with Gasteiger partial charge in [0.25, 0.3) is 0 Å². The molecular formula is C34H41N7O3. The molecule has 1 amide bonds. The maximum atomic E-state index is 11.9. The van der Waals surface area contributed by atoms with E-state index in [2.05, 4.69) is 64.1 Å². The number of ether oxygens (including phenoxy) is 1. The fourth-order valence-corrected chi connectivity index (χ4v) is 7.54. The van der Waals surface area contributed by atoms with Crippen LogP contribution in [-0.2, 0) is 19.4 Å². The first-order valence-corrected chi connectivity index (χ1v) is 16.1. The Hall–Kier alpha value is -4.10. The van der Waals surface area contributed by atoms with Gasteiger partial charge in [-0.05, 0) is 68.6 Å². The van der Waals surface area contributed by atoms with E-state index in [0.717, 1.165) is 62.4 Å². The van der Waals surface area contributed by atoms with Crippen molar-refractivity contribution in [1.29, 1.82) is 5.26 Å². The summed E-state index contributed by atoms with van der Waals surface area (Å²) >= 11 is 0. The van der Waals surface area contributed by atoms with Crippen LogP contribution in [0.15, 0.2) is 36.4 Å². The highest BCUT2D eigenvalue weighted by molar-refractivity contribution is 5.97. The van der Waals surface area contributed by atoms with Crippen molar-refractivity contribution in [2.24, 2.45) is 0 Å². The van der Waals surface area contributed by atoms with Crippen LogP contribution in [0.2, 0.25) is 0 Å². The quantitative estimate of drug-likeness (QED) is 0.391. The lowest BCUT2D eigenvalue weighted by Crippen LogP contribution is -2.55. The third-order valence-electron chi connectivity index (χ3n) is 10.1. The van der Waals surface area contributed by atoms with Gasteiger partial charge in [0.15, 0.2) is 0 Å². The maximum Gasteiger partial charge on any atom is 0.407 e. The number of benzene rings is 2. The minimum atomic E-state index is -0.979. The molecule has 1 unspecified atom stereocenters. The molecule has 1 aliphatic carbocycles.